The van der Waals surface area contributed by atoms with E-state index in [9.17, 15) is 13.2 Å². The van der Waals surface area contributed by atoms with Crippen molar-refractivity contribution in [3.63, 3.8) is 0 Å². The second-order valence-corrected chi connectivity index (χ2v) is 9.17. The van der Waals surface area contributed by atoms with Crippen LogP contribution < -0.4 is 4.72 Å². The number of carbonyl (C=O) groups excluding carboxylic acids is 1. The molecule has 1 aliphatic heterocycles. The zero-order valence-electron chi connectivity index (χ0n) is 16.7. The minimum absolute atomic E-state index is 0.0468. The van der Waals surface area contributed by atoms with Crippen molar-refractivity contribution in [2.45, 2.75) is 31.1 Å². The molecule has 9 heteroatoms. The van der Waals surface area contributed by atoms with Crippen LogP contribution in [-0.2, 0) is 16.4 Å². The predicted octanol–water partition coefficient (Wildman–Crippen LogP) is 2.74. The third-order valence-electron chi connectivity index (χ3n) is 5.11. The van der Waals surface area contributed by atoms with Gasteiger partial charge in [-0.3, -0.25) is 4.79 Å². The van der Waals surface area contributed by atoms with E-state index in [1.807, 2.05) is 31.2 Å². The second kappa shape index (κ2) is 8.45. The quantitative estimate of drug-likeness (QED) is 0.602. The van der Waals surface area contributed by atoms with E-state index >= 15 is 0 Å². The van der Waals surface area contributed by atoms with Gasteiger partial charge in [0.15, 0.2) is 0 Å². The number of sulfonamides is 1. The molecule has 2 aromatic heterocycles. The maximum atomic E-state index is 12.5. The summed E-state index contributed by atoms with van der Waals surface area (Å²) in [5, 5.41) is 0. The fraction of sp³-hybridized carbons (Fsp3) is 0.333. The third-order valence-corrected chi connectivity index (χ3v) is 6.55. The molecule has 1 fully saturated rings. The van der Waals surface area contributed by atoms with Crippen LogP contribution in [0.4, 0.5) is 0 Å². The number of hydrogen-bond acceptors (Lipinski definition) is 5. The maximum absolute atomic E-state index is 12.5. The number of rotatable bonds is 7. The van der Waals surface area contributed by atoms with Crippen molar-refractivity contribution < 1.29 is 17.6 Å². The lowest BCUT2D eigenvalue weighted by Crippen LogP contribution is -2.28. The zero-order chi connectivity index (χ0) is 21.1. The van der Waals surface area contributed by atoms with E-state index < -0.39 is 10.0 Å². The fourth-order valence-electron chi connectivity index (χ4n) is 3.39. The molecule has 1 amide bonds. The molecule has 30 heavy (non-hydrogen) atoms. The molecule has 158 valence electrons. The van der Waals surface area contributed by atoms with Crippen LogP contribution in [0.2, 0.25) is 0 Å². The average molecular weight is 429 g/mol. The molecule has 2 N–H and O–H groups in total. The summed E-state index contributed by atoms with van der Waals surface area (Å²) in [6.45, 7) is 3.59. The first-order valence-electron chi connectivity index (χ1n) is 9.91. The normalized spacial score (nSPS) is 14.4. The molecule has 0 radical (unpaired) electrons. The van der Waals surface area contributed by atoms with Gasteiger partial charge in [0.2, 0.25) is 15.9 Å². The summed E-state index contributed by atoms with van der Waals surface area (Å²) >= 11 is 0. The lowest BCUT2D eigenvalue weighted by Gasteiger charge is -2.13. The number of hydrogen-bond donors (Lipinski definition) is 2. The van der Waals surface area contributed by atoms with Gasteiger partial charge in [-0.2, -0.15) is 0 Å². The number of carbonyl (C=O) groups is 1. The Morgan fingerprint density at radius 3 is 2.70 bits per heavy atom. The lowest BCUT2D eigenvalue weighted by molar-refractivity contribution is 0.0787. The molecule has 3 heterocycles. The molecular formula is C21H24N4O4S. The van der Waals surface area contributed by atoms with Gasteiger partial charge in [0.25, 0.3) is 5.91 Å². The number of nitrogens with one attached hydrogen (secondary N) is 2. The van der Waals surface area contributed by atoms with Crippen molar-refractivity contribution in [2.24, 2.45) is 0 Å². The van der Waals surface area contributed by atoms with Gasteiger partial charge < -0.3 is 14.3 Å². The van der Waals surface area contributed by atoms with Crippen molar-refractivity contribution >= 4 is 15.9 Å². The molecule has 1 aliphatic rings. The van der Waals surface area contributed by atoms with Crippen molar-refractivity contribution in [1.29, 1.82) is 0 Å². The Morgan fingerprint density at radius 2 is 1.97 bits per heavy atom. The number of oxazole rings is 1. The number of amides is 1. The van der Waals surface area contributed by atoms with Gasteiger partial charge in [-0.05, 0) is 38.0 Å². The van der Waals surface area contributed by atoms with Gasteiger partial charge in [0.1, 0.15) is 16.9 Å². The summed E-state index contributed by atoms with van der Waals surface area (Å²) in [5.41, 5.74) is 2.97. The molecule has 0 saturated carbocycles. The smallest absolute Gasteiger partial charge is 0.270 e. The number of nitrogens with zero attached hydrogens (tertiary/aromatic N) is 2. The first-order valence-corrected chi connectivity index (χ1v) is 11.4. The van der Waals surface area contributed by atoms with Gasteiger partial charge in [-0.15, -0.1) is 0 Å². The van der Waals surface area contributed by atoms with E-state index in [-0.39, 0.29) is 23.0 Å². The van der Waals surface area contributed by atoms with Crippen LogP contribution in [0.1, 0.15) is 34.6 Å². The maximum Gasteiger partial charge on any atom is 0.270 e. The van der Waals surface area contributed by atoms with Gasteiger partial charge in [0, 0.05) is 37.8 Å². The summed E-state index contributed by atoms with van der Waals surface area (Å²) in [6.07, 6.45) is 5.22. The first-order chi connectivity index (χ1) is 14.4. The van der Waals surface area contributed by atoms with Crippen molar-refractivity contribution in [1.82, 2.24) is 19.6 Å². The van der Waals surface area contributed by atoms with Gasteiger partial charge in [-0.1, -0.05) is 17.7 Å². The van der Waals surface area contributed by atoms with E-state index in [1.54, 1.807) is 4.90 Å². The van der Waals surface area contributed by atoms with Crippen molar-refractivity contribution in [2.75, 3.05) is 19.6 Å². The van der Waals surface area contributed by atoms with Crippen LogP contribution in [0, 0.1) is 6.92 Å². The highest BCUT2D eigenvalue weighted by atomic mass is 32.2. The van der Waals surface area contributed by atoms with Crippen LogP contribution in [-0.4, -0.2) is 48.8 Å². The molecule has 0 spiro atoms. The van der Waals surface area contributed by atoms with Crippen molar-refractivity contribution in [3.05, 3.63) is 59.7 Å². The number of H-pyrrole nitrogens is 1. The Kier molecular flexibility index (Phi) is 5.74. The van der Waals surface area contributed by atoms with E-state index in [0.29, 0.717) is 31.1 Å². The third kappa shape index (κ3) is 4.47. The summed E-state index contributed by atoms with van der Waals surface area (Å²) < 4.78 is 33.1. The van der Waals surface area contributed by atoms with E-state index in [2.05, 4.69) is 14.7 Å². The topological polar surface area (TPSA) is 108 Å². The molecule has 0 bridgehead atoms. The van der Waals surface area contributed by atoms with E-state index in [1.165, 1.54) is 18.5 Å². The summed E-state index contributed by atoms with van der Waals surface area (Å²) in [4.78, 5) is 21.4. The molecule has 3 aromatic rings. The fourth-order valence-corrected chi connectivity index (χ4v) is 4.42. The highest BCUT2D eigenvalue weighted by Crippen LogP contribution is 2.19. The van der Waals surface area contributed by atoms with Gasteiger partial charge in [-0.25, -0.2) is 18.1 Å². The summed E-state index contributed by atoms with van der Waals surface area (Å²) in [6, 6.07) is 9.20. The summed E-state index contributed by atoms with van der Waals surface area (Å²) in [7, 11) is -3.73. The highest BCUT2D eigenvalue weighted by Gasteiger charge is 2.23. The summed E-state index contributed by atoms with van der Waals surface area (Å²) in [5.74, 6) is 0.337. The van der Waals surface area contributed by atoms with Crippen LogP contribution in [0.25, 0.3) is 11.5 Å². The molecule has 0 unspecified atom stereocenters. The van der Waals surface area contributed by atoms with Crippen molar-refractivity contribution in [3.8, 4) is 11.5 Å². The number of aryl methyl sites for hydroxylation is 1. The lowest BCUT2D eigenvalue weighted by atomic mass is 10.1. The Bertz CT molecular complexity index is 1130. The highest BCUT2D eigenvalue weighted by molar-refractivity contribution is 7.89. The zero-order valence-corrected chi connectivity index (χ0v) is 17.5. The largest absolute Gasteiger partial charge is 0.444 e. The SMILES string of the molecule is Cc1ccc(-c2nc(CCNS(=O)(=O)c3c[nH]c(C(=O)N4CCCC4)c3)co2)cc1. The second-order valence-electron chi connectivity index (χ2n) is 7.41. The Hall–Kier alpha value is -2.91. The number of benzene rings is 1. The molecule has 0 aliphatic carbocycles. The monoisotopic (exact) mass is 428 g/mol. The standard InChI is InChI=1S/C21H24N4O4S/c1-15-4-6-16(7-5-15)20-24-17(14-29-20)8-9-23-30(27,28)18-12-19(22-13-18)21(26)25-10-2-3-11-25/h4-7,12-14,22-23H,2-3,8-11H2,1H3. The van der Waals surface area contributed by atoms with Crippen LogP contribution in [0.5, 0.6) is 0 Å². The number of likely N-dealkylation sites (tertiary alicyclic amines) is 1. The predicted molar refractivity (Wildman–Crippen MR) is 111 cm³/mol. The van der Waals surface area contributed by atoms with Gasteiger partial charge in [0.05, 0.1) is 5.69 Å². The van der Waals surface area contributed by atoms with E-state index in [0.717, 1.165) is 24.0 Å². The van der Waals surface area contributed by atoms with Crippen LogP contribution in [0.3, 0.4) is 0 Å². The minimum atomic E-state index is -3.73. The molecular weight excluding hydrogens is 404 g/mol. The Morgan fingerprint density at radius 1 is 1.23 bits per heavy atom. The molecule has 8 nitrogen and oxygen atoms in total. The molecule has 1 aromatic carbocycles. The van der Waals surface area contributed by atoms with Gasteiger partial charge >= 0.3 is 0 Å². The van der Waals surface area contributed by atoms with E-state index in [4.69, 9.17) is 4.42 Å². The molecule has 4 rings (SSSR count). The average Bonchev–Trinajstić information content (AvgIpc) is 3.49. The van der Waals surface area contributed by atoms with Crippen LogP contribution >= 0.6 is 0 Å². The Labute approximate surface area is 175 Å². The molecule has 1 saturated heterocycles. The number of aromatic amines is 1. The Balaban J connectivity index is 1.34. The molecule has 0 atom stereocenters. The first kappa shape index (κ1) is 20.4. The van der Waals surface area contributed by atoms with Crippen LogP contribution in [0.15, 0.2) is 52.1 Å². The minimum Gasteiger partial charge on any atom is -0.444 e. The number of aromatic nitrogens is 2.